The number of carbonyl (C=O) groups excluding carboxylic acids is 1. The summed E-state index contributed by atoms with van der Waals surface area (Å²) < 4.78 is 40.5. The predicted molar refractivity (Wildman–Crippen MR) is 105 cm³/mol. The van der Waals surface area contributed by atoms with Gasteiger partial charge in [-0.2, -0.15) is 0 Å². The van der Waals surface area contributed by atoms with Gasteiger partial charge in [0.15, 0.2) is 11.6 Å². The van der Waals surface area contributed by atoms with E-state index >= 15 is 0 Å². The molecule has 0 radical (unpaired) electrons. The van der Waals surface area contributed by atoms with Crippen molar-refractivity contribution in [2.45, 2.75) is 6.36 Å². The lowest BCUT2D eigenvalue weighted by atomic mass is 10.2. The number of nitrogen functional groups attached to an aromatic ring is 1. The number of hydrazine groups is 1. The van der Waals surface area contributed by atoms with Crippen LogP contribution in [0, 0.1) is 0 Å². The Hall–Kier alpha value is -3.73. The van der Waals surface area contributed by atoms with Crippen LogP contribution in [-0.2, 0) is 0 Å². The molecule has 0 aliphatic heterocycles. The number of nitrogens with one attached hydrogen (secondary N) is 3. The maximum absolute atomic E-state index is 12.2. The normalized spacial score (nSPS) is 10.9. The molecule has 2 aromatic carbocycles. The van der Waals surface area contributed by atoms with E-state index in [4.69, 9.17) is 17.3 Å². The minimum atomic E-state index is -4.77. The van der Waals surface area contributed by atoms with Gasteiger partial charge in [0.05, 0.1) is 0 Å². The molecule has 0 spiro atoms. The number of halogens is 4. The summed E-state index contributed by atoms with van der Waals surface area (Å²) in [7, 11) is 0. The summed E-state index contributed by atoms with van der Waals surface area (Å²) in [5, 5.41) is 3.34. The quantitative estimate of drug-likeness (QED) is 0.428. The van der Waals surface area contributed by atoms with E-state index in [-0.39, 0.29) is 23.1 Å². The van der Waals surface area contributed by atoms with Crippen molar-refractivity contribution in [3.8, 4) is 5.75 Å². The second-order valence-corrected chi connectivity index (χ2v) is 6.20. The average Bonchev–Trinajstić information content (AvgIpc) is 2.69. The number of amides is 1. The second kappa shape index (κ2) is 8.74. The molecular weight excluding hydrogens is 425 g/mol. The van der Waals surface area contributed by atoms with E-state index in [0.717, 1.165) is 12.1 Å². The SMILES string of the molecule is Nc1c(NNC(=O)c2ccc(Cl)cc2)ncnc1Nc1ccc(OC(F)(F)F)cc1. The molecule has 0 bridgehead atoms. The maximum Gasteiger partial charge on any atom is 0.573 e. The van der Waals surface area contributed by atoms with Gasteiger partial charge in [0.25, 0.3) is 5.91 Å². The standard InChI is InChI=1S/C18H14ClF3N6O2/c19-11-3-1-10(2-4-11)17(29)28-27-16-14(23)15(24-9-25-16)26-12-5-7-13(8-6-12)30-18(20,21)22/h1-9H,23H2,(H,28,29)(H2,24,25,26,27). The lowest BCUT2D eigenvalue weighted by Gasteiger charge is -2.14. The third kappa shape index (κ3) is 5.64. The molecule has 1 heterocycles. The number of nitrogens with two attached hydrogens (primary N) is 1. The number of aromatic nitrogens is 2. The third-order valence-corrected chi connectivity index (χ3v) is 3.89. The molecule has 8 nitrogen and oxygen atoms in total. The van der Waals surface area contributed by atoms with Gasteiger partial charge in [0, 0.05) is 16.3 Å². The van der Waals surface area contributed by atoms with Crippen LogP contribution in [0.15, 0.2) is 54.9 Å². The van der Waals surface area contributed by atoms with E-state index in [9.17, 15) is 18.0 Å². The minimum absolute atomic E-state index is 0.0736. The van der Waals surface area contributed by atoms with Gasteiger partial charge in [-0.15, -0.1) is 13.2 Å². The monoisotopic (exact) mass is 438 g/mol. The summed E-state index contributed by atoms with van der Waals surface area (Å²) in [5.74, 6) is -0.514. The van der Waals surface area contributed by atoms with E-state index in [1.807, 2.05) is 0 Å². The first-order valence-corrected chi connectivity index (χ1v) is 8.64. The van der Waals surface area contributed by atoms with Crippen molar-refractivity contribution in [1.82, 2.24) is 15.4 Å². The van der Waals surface area contributed by atoms with Crippen LogP contribution in [0.2, 0.25) is 5.02 Å². The fourth-order valence-corrected chi connectivity index (χ4v) is 2.39. The van der Waals surface area contributed by atoms with Gasteiger partial charge in [0.2, 0.25) is 0 Å². The fraction of sp³-hybridized carbons (Fsp3) is 0.0556. The smallest absolute Gasteiger partial charge is 0.406 e. The molecular formula is C18H14ClF3N6O2. The van der Waals surface area contributed by atoms with Crippen LogP contribution in [0.25, 0.3) is 0 Å². The highest BCUT2D eigenvalue weighted by molar-refractivity contribution is 6.30. The molecule has 0 aliphatic rings. The van der Waals surface area contributed by atoms with Gasteiger partial charge in [-0.05, 0) is 48.5 Å². The molecule has 1 amide bonds. The zero-order chi connectivity index (χ0) is 21.7. The Bertz CT molecular complexity index is 1030. The summed E-state index contributed by atoms with van der Waals surface area (Å²) in [4.78, 5) is 20.1. The molecule has 0 unspecified atom stereocenters. The zero-order valence-electron chi connectivity index (χ0n) is 15.0. The number of hydrogen-bond acceptors (Lipinski definition) is 7. The summed E-state index contributed by atoms with van der Waals surface area (Å²) in [6.45, 7) is 0. The Morgan fingerprint density at radius 3 is 2.27 bits per heavy atom. The van der Waals surface area contributed by atoms with Crippen molar-refractivity contribution in [3.05, 3.63) is 65.4 Å². The Morgan fingerprint density at radius 1 is 1.00 bits per heavy atom. The fourth-order valence-electron chi connectivity index (χ4n) is 2.26. The number of benzene rings is 2. The average molecular weight is 439 g/mol. The van der Waals surface area contributed by atoms with E-state index in [2.05, 4.69) is 30.9 Å². The van der Waals surface area contributed by atoms with E-state index < -0.39 is 12.3 Å². The Kier molecular flexibility index (Phi) is 6.11. The summed E-state index contributed by atoms with van der Waals surface area (Å²) in [5.41, 5.74) is 11.9. The van der Waals surface area contributed by atoms with E-state index in [1.54, 1.807) is 24.3 Å². The van der Waals surface area contributed by atoms with Crippen LogP contribution in [0.1, 0.15) is 10.4 Å². The van der Waals surface area contributed by atoms with Crippen LogP contribution in [0.3, 0.4) is 0 Å². The molecule has 0 saturated carbocycles. The molecule has 0 fully saturated rings. The minimum Gasteiger partial charge on any atom is -0.406 e. The first-order chi connectivity index (χ1) is 14.2. The largest absolute Gasteiger partial charge is 0.573 e. The number of carbonyl (C=O) groups is 1. The molecule has 5 N–H and O–H groups in total. The number of anilines is 4. The third-order valence-electron chi connectivity index (χ3n) is 3.64. The van der Waals surface area contributed by atoms with Gasteiger partial charge in [-0.1, -0.05) is 11.6 Å². The first kappa shape index (κ1) is 21.0. The Labute approximate surface area is 173 Å². The second-order valence-electron chi connectivity index (χ2n) is 5.77. The number of alkyl halides is 3. The first-order valence-electron chi connectivity index (χ1n) is 8.26. The Balaban J connectivity index is 1.66. The molecule has 1 aromatic heterocycles. The molecule has 30 heavy (non-hydrogen) atoms. The van der Waals surface area contributed by atoms with Crippen molar-refractivity contribution in [1.29, 1.82) is 0 Å². The molecule has 0 aliphatic carbocycles. The van der Waals surface area contributed by atoms with Crippen molar-refractivity contribution in [3.63, 3.8) is 0 Å². The number of nitrogens with zero attached hydrogens (tertiary/aromatic N) is 2. The van der Waals surface area contributed by atoms with Crippen molar-refractivity contribution >= 4 is 40.5 Å². The maximum atomic E-state index is 12.2. The van der Waals surface area contributed by atoms with Gasteiger partial charge in [-0.25, -0.2) is 9.97 Å². The molecule has 3 aromatic rings. The molecule has 0 atom stereocenters. The molecule has 156 valence electrons. The molecule has 0 saturated heterocycles. The van der Waals surface area contributed by atoms with Gasteiger partial charge in [0.1, 0.15) is 17.8 Å². The van der Waals surface area contributed by atoms with Crippen LogP contribution < -0.4 is 26.6 Å². The topological polar surface area (TPSA) is 114 Å². The van der Waals surface area contributed by atoms with Gasteiger partial charge in [-0.3, -0.25) is 15.6 Å². The predicted octanol–water partition coefficient (Wildman–Crippen LogP) is 4.11. The number of ether oxygens (including phenoxy) is 1. The number of hydrogen-bond donors (Lipinski definition) is 4. The summed E-state index contributed by atoms with van der Waals surface area (Å²) >= 11 is 5.79. The van der Waals surface area contributed by atoms with Crippen LogP contribution in [0.5, 0.6) is 5.75 Å². The van der Waals surface area contributed by atoms with Gasteiger partial charge < -0.3 is 15.8 Å². The van der Waals surface area contributed by atoms with Gasteiger partial charge >= 0.3 is 6.36 Å². The van der Waals surface area contributed by atoms with E-state index in [0.29, 0.717) is 16.3 Å². The highest BCUT2D eigenvalue weighted by Gasteiger charge is 2.30. The number of rotatable bonds is 6. The van der Waals surface area contributed by atoms with Crippen molar-refractivity contribution < 1.29 is 22.7 Å². The summed E-state index contributed by atoms with van der Waals surface area (Å²) in [6, 6.07) is 11.2. The molecule has 12 heteroatoms. The summed E-state index contributed by atoms with van der Waals surface area (Å²) in [6.07, 6.45) is -3.58. The lowest BCUT2D eigenvalue weighted by Crippen LogP contribution is -2.30. The van der Waals surface area contributed by atoms with E-state index in [1.165, 1.54) is 18.5 Å². The van der Waals surface area contributed by atoms with Crippen LogP contribution >= 0.6 is 11.6 Å². The van der Waals surface area contributed by atoms with Crippen molar-refractivity contribution in [2.75, 3.05) is 16.5 Å². The van der Waals surface area contributed by atoms with Crippen LogP contribution in [0.4, 0.5) is 36.2 Å². The lowest BCUT2D eigenvalue weighted by molar-refractivity contribution is -0.274. The Morgan fingerprint density at radius 2 is 1.63 bits per heavy atom. The zero-order valence-corrected chi connectivity index (χ0v) is 15.8. The highest BCUT2D eigenvalue weighted by Crippen LogP contribution is 2.28. The van der Waals surface area contributed by atoms with Crippen LogP contribution in [-0.4, -0.2) is 22.2 Å². The van der Waals surface area contributed by atoms with Crippen molar-refractivity contribution in [2.24, 2.45) is 0 Å². The highest BCUT2D eigenvalue weighted by atomic mass is 35.5. The molecule has 3 rings (SSSR count).